The summed E-state index contributed by atoms with van der Waals surface area (Å²) in [6, 6.07) is 17.9. The summed E-state index contributed by atoms with van der Waals surface area (Å²) in [5.41, 5.74) is 3.93. The van der Waals surface area contributed by atoms with Crippen LogP contribution in [0.15, 0.2) is 54.9 Å². The van der Waals surface area contributed by atoms with Gasteiger partial charge in [0.2, 0.25) is 5.91 Å². The van der Waals surface area contributed by atoms with Gasteiger partial charge in [-0.15, -0.1) is 0 Å². The molecular formula is C23H25N5O. The first kappa shape index (κ1) is 19.2. The highest BCUT2D eigenvalue weighted by Gasteiger charge is 2.19. The van der Waals surface area contributed by atoms with E-state index in [0.717, 1.165) is 50.2 Å². The average Bonchev–Trinajstić information content (AvgIpc) is 3.03. The van der Waals surface area contributed by atoms with Gasteiger partial charge in [0, 0.05) is 45.7 Å². The second-order valence-electron chi connectivity index (χ2n) is 7.50. The number of fused-ring (bicyclic) bond motifs is 1. The number of rotatable bonds is 5. The Morgan fingerprint density at radius 1 is 1.03 bits per heavy atom. The SMILES string of the molecule is N#Cc1ccc(CN2CCCN(C(=O)CCn3cnc4ccccc43)CC2)cc1. The lowest BCUT2D eigenvalue weighted by atomic mass is 10.1. The van der Waals surface area contributed by atoms with Gasteiger partial charge in [0.25, 0.3) is 0 Å². The predicted octanol–water partition coefficient (Wildman–Crippen LogP) is 3.03. The van der Waals surface area contributed by atoms with Crippen LogP contribution in [0.3, 0.4) is 0 Å². The molecule has 0 bridgehead atoms. The fourth-order valence-corrected chi connectivity index (χ4v) is 3.88. The number of carbonyl (C=O) groups is 1. The first-order valence-electron chi connectivity index (χ1n) is 10.1. The summed E-state index contributed by atoms with van der Waals surface area (Å²) < 4.78 is 2.06. The number of hydrogen-bond acceptors (Lipinski definition) is 4. The van der Waals surface area contributed by atoms with Crippen molar-refractivity contribution in [1.82, 2.24) is 19.4 Å². The summed E-state index contributed by atoms with van der Waals surface area (Å²) >= 11 is 0. The monoisotopic (exact) mass is 387 g/mol. The highest BCUT2D eigenvalue weighted by atomic mass is 16.2. The molecule has 1 aromatic heterocycles. The molecule has 1 aliphatic rings. The van der Waals surface area contributed by atoms with Crippen LogP contribution in [0.25, 0.3) is 11.0 Å². The molecule has 1 amide bonds. The molecule has 29 heavy (non-hydrogen) atoms. The van der Waals surface area contributed by atoms with Crippen molar-refractivity contribution in [2.45, 2.75) is 25.9 Å². The summed E-state index contributed by atoms with van der Waals surface area (Å²) in [6.45, 7) is 4.95. The van der Waals surface area contributed by atoms with E-state index in [1.165, 1.54) is 5.56 Å². The van der Waals surface area contributed by atoms with E-state index in [9.17, 15) is 4.79 Å². The summed E-state index contributed by atoms with van der Waals surface area (Å²) in [4.78, 5) is 21.5. The summed E-state index contributed by atoms with van der Waals surface area (Å²) in [7, 11) is 0. The minimum atomic E-state index is 0.211. The van der Waals surface area contributed by atoms with Gasteiger partial charge in [-0.3, -0.25) is 9.69 Å². The molecule has 0 aliphatic carbocycles. The molecule has 0 radical (unpaired) electrons. The number of imidazole rings is 1. The van der Waals surface area contributed by atoms with E-state index in [1.54, 1.807) is 0 Å². The van der Waals surface area contributed by atoms with Gasteiger partial charge in [0.15, 0.2) is 0 Å². The molecule has 1 fully saturated rings. The predicted molar refractivity (Wildman–Crippen MR) is 112 cm³/mol. The molecule has 4 rings (SSSR count). The van der Waals surface area contributed by atoms with Crippen LogP contribution in [0.1, 0.15) is 24.0 Å². The topological polar surface area (TPSA) is 65.2 Å². The lowest BCUT2D eigenvalue weighted by Crippen LogP contribution is -2.35. The minimum Gasteiger partial charge on any atom is -0.341 e. The number of carbonyl (C=O) groups excluding carboxylic acids is 1. The van der Waals surface area contributed by atoms with Gasteiger partial charge >= 0.3 is 0 Å². The molecular weight excluding hydrogens is 362 g/mol. The standard InChI is InChI=1S/C23H25N5O/c24-16-19-6-8-20(9-7-19)17-26-11-3-12-27(15-14-26)23(29)10-13-28-18-25-21-4-1-2-5-22(21)28/h1-2,4-9,18H,3,10-15,17H2. The number of para-hydroxylation sites is 2. The van der Waals surface area contributed by atoms with E-state index in [2.05, 4.69) is 20.5 Å². The van der Waals surface area contributed by atoms with E-state index in [0.29, 0.717) is 18.5 Å². The average molecular weight is 387 g/mol. The number of aryl methyl sites for hydroxylation is 1. The van der Waals surface area contributed by atoms with Crippen molar-refractivity contribution in [3.63, 3.8) is 0 Å². The molecule has 6 nitrogen and oxygen atoms in total. The van der Waals surface area contributed by atoms with Crippen molar-refractivity contribution in [2.75, 3.05) is 26.2 Å². The second-order valence-corrected chi connectivity index (χ2v) is 7.50. The summed E-state index contributed by atoms with van der Waals surface area (Å²) in [5.74, 6) is 0.211. The van der Waals surface area contributed by atoms with Crippen LogP contribution in [-0.4, -0.2) is 51.4 Å². The molecule has 1 aliphatic heterocycles. The Bertz CT molecular complexity index is 1020. The van der Waals surface area contributed by atoms with Gasteiger partial charge in [-0.05, 0) is 36.2 Å². The number of aromatic nitrogens is 2. The number of nitrogens with zero attached hydrogens (tertiary/aromatic N) is 5. The number of hydrogen-bond donors (Lipinski definition) is 0. The quantitative estimate of drug-likeness (QED) is 0.675. The number of nitriles is 1. The van der Waals surface area contributed by atoms with Crippen LogP contribution in [0, 0.1) is 11.3 Å². The van der Waals surface area contributed by atoms with E-state index >= 15 is 0 Å². The Labute approximate surface area is 171 Å². The van der Waals surface area contributed by atoms with Crippen molar-refractivity contribution in [3.8, 4) is 6.07 Å². The van der Waals surface area contributed by atoms with Crippen LogP contribution in [-0.2, 0) is 17.9 Å². The molecule has 0 saturated carbocycles. The Kier molecular flexibility index (Phi) is 5.87. The van der Waals surface area contributed by atoms with Crippen LogP contribution < -0.4 is 0 Å². The summed E-state index contributed by atoms with van der Waals surface area (Å²) in [5, 5.41) is 8.92. The maximum atomic E-state index is 12.8. The molecule has 0 atom stereocenters. The van der Waals surface area contributed by atoms with Gasteiger partial charge in [0.05, 0.1) is 29.0 Å². The number of amides is 1. The Hall–Kier alpha value is -3.17. The van der Waals surface area contributed by atoms with E-state index < -0.39 is 0 Å². The van der Waals surface area contributed by atoms with Gasteiger partial charge in [-0.25, -0.2) is 4.98 Å². The van der Waals surface area contributed by atoms with E-state index in [-0.39, 0.29) is 5.91 Å². The Morgan fingerprint density at radius 3 is 2.69 bits per heavy atom. The van der Waals surface area contributed by atoms with Crippen LogP contribution in [0.4, 0.5) is 0 Å². The molecule has 0 spiro atoms. The van der Waals surface area contributed by atoms with Crippen molar-refractivity contribution >= 4 is 16.9 Å². The molecule has 0 unspecified atom stereocenters. The molecule has 2 aromatic carbocycles. The fraction of sp³-hybridized carbons (Fsp3) is 0.348. The minimum absolute atomic E-state index is 0.211. The smallest absolute Gasteiger partial charge is 0.224 e. The third kappa shape index (κ3) is 4.64. The highest BCUT2D eigenvalue weighted by Crippen LogP contribution is 2.14. The van der Waals surface area contributed by atoms with Gasteiger partial charge in [-0.2, -0.15) is 5.26 Å². The maximum Gasteiger partial charge on any atom is 0.224 e. The third-order valence-electron chi connectivity index (χ3n) is 5.52. The second kappa shape index (κ2) is 8.89. The van der Waals surface area contributed by atoms with Gasteiger partial charge < -0.3 is 9.47 Å². The summed E-state index contributed by atoms with van der Waals surface area (Å²) in [6.07, 6.45) is 3.30. The lowest BCUT2D eigenvalue weighted by Gasteiger charge is -2.22. The van der Waals surface area contributed by atoms with Crippen LogP contribution in [0.2, 0.25) is 0 Å². The first-order valence-corrected chi connectivity index (χ1v) is 10.1. The molecule has 3 aromatic rings. The highest BCUT2D eigenvalue weighted by molar-refractivity contribution is 5.77. The van der Waals surface area contributed by atoms with E-state index in [1.807, 2.05) is 59.8 Å². The van der Waals surface area contributed by atoms with Crippen molar-refractivity contribution in [1.29, 1.82) is 5.26 Å². The van der Waals surface area contributed by atoms with E-state index in [4.69, 9.17) is 5.26 Å². The van der Waals surface area contributed by atoms with Crippen molar-refractivity contribution in [3.05, 3.63) is 66.0 Å². The third-order valence-corrected chi connectivity index (χ3v) is 5.52. The van der Waals surface area contributed by atoms with Crippen molar-refractivity contribution in [2.24, 2.45) is 0 Å². The zero-order valence-electron chi connectivity index (χ0n) is 16.5. The normalized spacial score (nSPS) is 15.2. The fourth-order valence-electron chi connectivity index (χ4n) is 3.88. The van der Waals surface area contributed by atoms with Crippen LogP contribution in [0.5, 0.6) is 0 Å². The number of benzene rings is 2. The Morgan fingerprint density at radius 2 is 1.86 bits per heavy atom. The van der Waals surface area contributed by atoms with Crippen LogP contribution >= 0.6 is 0 Å². The molecule has 2 heterocycles. The molecule has 148 valence electrons. The van der Waals surface area contributed by atoms with Crippen molar-refractivity contribution < 1.29 is 4.79 Å². The van der Waals surface area contributed by atoms with Gasteiger partial charge in [-0.1, -0.05) is 24.3 Å². The zero-order chi connectivity index (χ0) is 20.1. The maximum absolute atomic E-state index is 12.8. The molecule has 0 N–H and O–H groups in total. The zero-order valence-corrected chi connectivity index (χ0v) is 16.5. The first-order chi connectivity index (χ1) is 14.2. The Balaban J connectivity index is 1.29. The molecule has 6 heteroatoms. The molecule has 1 saturated heterocycles. The largest absolute Gasteiger partial charge is 0.341 e. The lowest BCUT2D eigenvalue weighted by molar-refractivity contribution is -0.131. The van der Waals surface area contributed by atoms with Gasteiger partial charge in [0.1, 0.15) is 0 Å².